The summed E-state index contributed by atoms with van der Waals surface area (Å²) in [6.07, 6.45) is 0.581. The quantitative estimate of drug-likeness (QED) is 0.635. The Balaban J connectivity index is 2.61. The molecule has 0 atom stereocenters. The van der Waals surface area contributed by atoms with E-state index in [2.05, 4.69) is 31.9 Å². The largest absolute Gasteiger partial charge is 0.292 e. The van der Waals surface area contributed by atoms with Crippen LogP contribution in [-0.4, -0.2) is 9.02 Å². The number of fused-ring (bicyclic) bond motifs is 1. The molecule has 5 heteroatoms. The summed E-state index contributed by atoms with van der Waals surface area (Å²) in [6.45, 7) is 0. The Hall–Kier alpha value is 0.430. The smallest absolute Gasteiger partial charge is 0.190 e. The van der Waals surface area contributed by atoms with E-state index >= 15 is 0 Å². The monoisotopic (exact) mass is 356 g/mol. The van der Waals surface area contributed by atoms with Gasteiger partial charge < -0.3 is 0 Å². The Morgan fingerprint density at radius 1 is 1.21 bits per heavy atom. The maximum atomic E-state index is 11.8. The first-order chi connectivity index (χ1) is 6.42. The van der Waals surface area contributed by atoms with Gasteiger partial charge >= 0.3 is 0 Å². The molecule has 0 amide bonds. The predicted octanol–water partition coefficient (Wildman–Crippen LogP) is 4.22. The highest BCUT2D eigenvalue weighted by Crippen LogP contribution is 2.43. The SMILES string of the molecule is O=C1c2cc(Cl)c(Cl)cc2CC1(Br)Br. The molecule has 14 heavy (non-hydrogen) atoms. The van der Waals surface area contributed by atoms with Gasteiger partial charge in [-0.3, -0.25) is 4.79 Å². The second kappa shape index (κ2) is 3.48. The van der Waals surface area contributed by atoms with Gasteiger partial charge in [0.05, 0.1) is 10.0 Å². The van der Waals surface area contributed by atoms with Crippen LogP contribution < -0.4 is 0 Å². The van der Waals surface area contributed by atoms with E-state index in [9.17, 15) is 4.79 Å². The molecule has 0 radical (unpaired) electrons. The fraction of sp³-hybridized carbons (Fsp3) is 0.222. The van der Waals surface area contributed by atoms with Crippen molar-refractivity contribution in [2.75, 3.05) is 0 Å². The Morgan fingerprint density at radius 3 is 2.43 bits per heavy atom. The van der Waals surface area contributed by atoms with Crippen LogP contribution in [0.2, 0.25) is 10.0 Å². The van der Waals surface area contributed by atoms with E-state index in [1.807, 2.05) is 0 Å². The average Bonchev–Trinajstić information content (AvgIpc) is 2.28. The first kappa shape index (κ1) is 10.9. The molecule has 1 nitrogen and oxygen atoms in total. The topological polar surface area (TPSA) is 17.1 Å². The van der Waals surface area contributed by atoms with Crippen LogP contribution in [0.15, 0.2) is 12.1 Å². The number of ketones is 1. The highest BCUT2D eigenvalue weighted by atomic mass is 79.9. The van der Waals surface area contributed by atoms with Gasteiger partial charge in [-0.1, -0.05) is 55.1 Å². The first-order valence-electron chi connectivity index (χ1n) is 3.82. The summed E-state index contributed by atoms with van der Waals surface area (Å²) in [7, 11) is 0. The fourth-order valence-electron chi connectivity index (χ4n) is 1.46. The highest BCUT2D eigenvalue weighted by Gasteiger charge is 2.41. The molecule has 0 aromatic heterocycles. The zero-order valence-corrected chi connectivity index (χ0v) is 11.5. The number of carbonyl (C=O) groups excluding carboxylic acids is 1. The second-order valence-corrected chi connectivity index (χ2v) is 7.72. The van der Waals surface area contributed by atoms with Crippen molar-refractivity contribution in [2.45, 2.75) is 9.65 Å². The van der Waals surface area contributed by atoms with Gasteiger partial charge in [-0.25, -0.2) is 0 Å². The molecule has 0 spiro atoms. The third kappa shape index (κ3) is 1.64. The van der Waals surface area contributed by atoms with E-state index in [4.69, 9.17) is 23.2 Å². The molecule has 0 saturated carbocycles. The summed E-state index contributed by atoms with van der Waals surface area (Å²) in [4.78, 5) is 11.8. The summed E-state index contributed by atoms with van der Waals surface area (Å²) >= 11 is 18.3. The zero-order valence-electron chi connectivity index (χ0n) is 6.78. The zero-order chi connectivity index (χ0) is 10.5. The van der Waals surface area contributed by atoms with Crippen molar-refractivity contribution in [1.29, 1.82) is 0 Å². The van der Waals surface area contributed by atoms with Crippen LogP contribution in [0.5, 0.6) is 0 Å². The molecule has 1 aromatic rings. The first-order valence-corrected chi connectivity index (χ1v) is 6.16. The van der Waals surface area contributed by atoms with Gasteiger partial charge in [0.25, 0.3) is 0 Å². The minimum absolute atomic E-state index is 0.00827. The van der Waals surface area contributed by atoms with Gasteiger partial charge in [-0.05, 0) is 17.7 Å². The van der Waals surface area contributed by atoms with E-state index in [-0.39, 0.29) is 5.78 Å². The molecule has 1 aliphatic rings. The van der Waals surface area contributed by atoms with Gasteiger partial charge in [-0.2, -0.15) is 0 Å². The van der Waals surface area contributed by atoms with Crippen LogP contribution in [0, 0.1) is 0 Å². The molecule has 1 aliphatic carbocycles. The molecule has 0 saturated heterocycles. The van der Waals surface area contributed by atoms with E-state index in [1.165, 1.54) is 0 Å². The van der Waals surface area contributed by atoms with Gasteiger partial charge in [0, 0.05) is 12.0 Å². The number of alkyl halides is 2. The van der Waals surface area contributed by atoms with Gasteiger partial charge in [-0.15, -0.1) is 0 Å². The van der Waals surface area contributed by atoms with Crippen LogP contribution in [0.1, 0.15) is 15.9 Å². The van der Waals surface area contributed by atoms with E-state index in [0.717, 1.165) is 5.56 Å². The normalized spacial score (nSPS) is 18.4. The number of Topliss-reactive ketones (excluding diaryl/α,β-unsaturated/α-hetero) is 1. The van der Waals surface area contributed by atoms with Crippen molar-refractivity contribution in [3.8, 4) is 0 Å². The lowest BCUT2D eigenvalue weighted by atomic mass is 10.1. The number of hydrogen-bond acceptors (Lipinski definition) is 1. The van der Waals surface area contributed by atoms with Crippen LogP contribution in [0.25, 0.3) is 0 Å². The predicted molar refractivity (Wildman–Crippen MR) is 65.1 cm³/mol. The van der Waals surface area contributed by atoms with Crippen molar-refractivity contribution < 1.29 is 4.79 Å². The molecule has 0 bridgehead atoms. The molecular formula is C9H4Br2Cl2O. The van der Waals surface area contributed by atoms with Crippen molar-refractivity contribution in [3.05, 3.63) is 33.3 Å². The lowest BCUT2D eigenvalue weighted by molar-refractivity contribution is 0.0994. The van der Waals surface area contributed by atoms with Crippen molar-refractivity contribution in [1.82, 2.24) is 0 Å². The molecular weight excluding hydrogens is 355 g/mol. The summed E-state index contributed by atoms with van der Waals surface area (Å²) < 4.78 is -0.684. The van der Waals surface area contributed by atoms with E-state index < -0.39 is 3.23 Å². The Bertz CT molecular complexity index is 429. The lowest BCUT2D eigenvalue weighted by Gasteiger charge is -2.07. The molecule has 0 aliphatic heterocycles. The van der Waals surface area contributed by atoms with Crippen molar-refractivity contribution in [3.63, 3.8) is 0 Å². The van der Waals surface area contributed by atoms with Crippen molar-refractivity contribution in [2.24, 2.45) is 0 Å². The van der Waals surface area contributed by atoms with E-state index in [1.54, 1.807) is 12.1 Å². The molecule has 0 heterocycles. The summed E-state index contributed by atoms with van der Waals surface area (Å²) in [5, 5.41) is 0.896. The third-order valence-electron chi connectivity index (χ3n) is 2.14. The standard InChI is InChI=1S/C9H4Br2Cl2O/c10-9(11)3-4-1-6(12)7(13)2-5(4)8(9)14/h1-2H,3H2. The fourth-order valence-corrected chi connectivity index (χ4v) is 2.84. The van der Waals surface area contributed by atoms with Gasteiger partial charge in [0.15, 0.2) is 5.78 Å². The average molecular weight is 359 g/mol. The van der Waals surface area contributed by atoms with Crippen LogP contribution in [0.3, 0.4) is 0 Å². The van der Waals surface area contributed by atoms with Gasteiger partial charge in [0.1, 0.15) is 3.23 Å². The van der Waals surface area contributed by atoms with E-state index in [0.29, 0.717) is 22.0 Å². The molecule has 1 aromatic carbocycles. The highest BCUT2D eigenvalue weighted by molar-refractivity contribution is 9.26. The Kier molecular flexibility index (Phi) is 2.71. The lowest BCUT2D eigenvalue weighted by Crippen LogP contribution is -2.19. The minimum atomic E-state index is -0.684. The maximum absolute atomic E-state index is 11.8. The second-order valence-electron chi connectivity index (χ2n) is 3.13. The van der Waals surface area contributed by atoms with Gasteiger partial charge in [0.2, 0.25) is 0 Å². The van der Waals surface area contributed by atoms with Crippen LogP contribution in [-0.2, 0) is 6.42 Å². The molecule has 0 N–H and O–H groups in total. The molecule has 0 fully saturated rings. The number of benzene rings is 1. The maximum Gasteiger partial charge on any atom is 0.190 e. The molecule has 2 rings (SSSR count). The number of carbonyl (C=O) groups is 1. The summed E-state index contributed by atoms with van der Waals surface area (Å²) in [6, 6.07) is 3.35. The summed E-state index contributed by atoms with van der Waals surface area (Å²) in [5.74, 6) is -0.00827. The Morgan fingerprint density at radius 2 is 1.79 bits per heavy atom. The molecule has 74 valence electrons. The number of hydrogen-bond donors (Lipinski definition) is 0. The van der Waals surface area contributed by atoms with Crippen LogP contribution >= 0.6 is 55.1 Å². The van der Waals surface area contributed by atoms with Crippen molar-refractivity contribution >= 4 is 60.8 Å². The molecule has 0 unspecified atom stereocenters. The number of rotatable bonds is 0. The summed E-state index contributed by atoms with van der Waals surface area (Å²) in [5.41, 5.74) is 1.55. The van der Waals surface area contributed by atoms with Crippen LogP contribution in [0.4, 0.5) is 0 Å². The Labute approximate surface area is 108 Å². The minimum Gasteiger partial charge on any atom is -0.292 e. The number of halogens is 4. The third-order valence-corrected chi connectivity index (χ3v) is 4.14.